The largest absolute Gasteiger partial charge is 0.308 e. The summed E-state index contributed by atoms with van der Waals surface area (Å²) in [5.74, 6) is -0.793. The predicted octanol–water partition coefficient (Wildman–Crippen LogP) is 4.95. The molecule has 1 amide bonds. The minimum absolute atomic E-state index is 0.153. The van der Waals surface area contributed by atoms with E-state index in [1.165, 1.54) is 59.6 Å². The monoisotopic (exact) mass is 411 g/mol. The number of hydrogen-bond acceptors (Lipinski definition) is 4. The van der Waals surface area contributed by atoms with E-state index in [4.69, 9.17) is 12.2 Å². The average Bonchev–Trinajstić information content (AvgIpc) is 3.16. The summed E-state index contributed by atoms with van der Waals surface area (Å²) in [6.45, 7) is 0. The van der Waals surface area contributed by atoms with Crippen LogP contribution in [0.4, 0.5) is 9.52 Å². The Morgan fingerprint density at radius 1 is 1.07 bits per heavy atom. The fraction of sp³-hybridized carbons (Fsp3) is 0.190. The van der Waals surface area contributed by atoms with Crippen LogP contribution in [0.5, 0.6) is 0 Å². The van der Waals surface area contributed by atoms with E-state index in [0.717, 1.165) is 24.1 Å². The standard InChI is InChI=1S/C21H18FN3OS2/c22-17-9-7-14(8-10-17)19(26)24-20(27)25-21-23-18(12-28-21)16-6-5-13-3-1-2-4-15(13)11-16/h5-12H,1-4H2,(H2,23,24,25,26,27). The molecule has 0 unspecified atom stereocenters. The van der Waals surface area contributed by atoms with Crippen LogP contribution in [0.3, 0.4) is 0 Å². The fourth-order valence-corrected chi connectivity index (χ4v) is 4.24. The van der Waals surface area contributed by atoms with Crippen LogP contribution < -0.4 is 10.6 Å². The van der Waals surface area contributed by atoms with Gasteiger partial charge in [0.1, 0.15) is 5.82 Å². The van der Waals surface area contributed by atoms with E-state index >= 15 is 0 Å². The first-order valence-electron chi connectivity index (χ1n) is 9.04. The molecule has 0 radical (unpaired) electrons. The Labute approximate surface area is 171 Å². The molecule has 4 nitrogen and oxygen atoms in total. The second-order valence-electron chi connectivity index (χ2n) is 6.64. The summed E-state index contributed by atoms with van der Waals surface area (Å²) in [6, 6.07) is 11.8. The molecule has 28 heavy (non-hydrogen) atoms. The Balaban J connectivity index is 1.41. The molecule has 0 fully saturated rings. The maximum atomic E-state index is 13.0. The molecule has 2 aromatic carbocycles. The van der Waals surface area contributed by atoms with E-state index in [1.54, 1.807) is 0 Å². The van der Waals surface area contributed by atoms with Gasteiger partial charge < -0.3 is 5.32 Å². The lowest BCUT2D eigenvalue weighted by Crippen LogP contribution is -2.34. The Bertz CT molecular complexity index is 1030. The fourth-order valence-electron chi connectivity index (χ4n) is 3.26. The number of aryl methyl sites for hydroxylation is 2. The van der Waals surface area contributed by atoms with Gasteiger partial charge >= 0.3 is 0 Å². The van der Waals surface area contributed by atoms with Gasteiger partial charge in [-0.2, -0.15) is 0 Å². The second kappa shape index (κ2) is 8.16. The summed E-state index contributed by atoms with van der Waals surface area (Å²) < 4.78 is 13.0. The SMILES string of the molecule is O=C(NC(=S)Nc1nc(-c2ccc3c(c2)CCCC3)cs1)c1ccc(F)cc1. The van der Waals surface area contributed by atoms with Gasteiger partial charge in [0.15, 0.2) is 10.2 Å². The molecule has 1 aromatic heterocycles. The number of benzene rings is 2. The Kier molecular flexibility index (Phi) is 5.45. The Morgan fingerprint density at radius 2 is 1.82 bits per heavy atom. The molecule has 0 saturated heterocycles. The van der Waals surface area contributed by atoms with Crippen molar-refractivity contribution in [1.29, 1.82) is 0 Å². The summed E-state index contributed by atoms with van der Waals surface area (Å²) in [7, 11) is 0. The number of carbonyl (C=O) groups excluding carboxylic acids is 1. The van der Waals surface area contributed by atoms with Crippen molar-refractivity contribution in [1.82, 2.24) is 10.3 Å². The number of rotatable bonds is 3. The van der Waals surface area contributed by atoms with Crippen molar-refractivity contribution >= 4 is 39.7 Å². The van der Waals surface area contributed by atoms with Crippen LogP contribution in [0.15, 0.2) is 47.8 Å². The zero-order valence-corrected chi connectivity index (χ0v) is 16.6. The van der Waals surface area contributed by atoms with Gasteiger partial charge in [-0.05, 0) is 79.4 Å². The number of nitrogens with zero attached hydrogens (tertiary/aromatic N) is 1. The highest BCUT2D eigenvalue weighted by Crippen LogP contribution is 2.29. The van der Waals surface area contributed by atoms with Crippen LogP contribution in [0.1, 0.15) is 34.3 Å². The molecule has 0 bridgehead atoms. The third-order valence-corrected chi connectivity index (χ3v) is 5.66. The molecule has 0 saturated carbocycles. The molecular weight excluding hydrogens is 393 g/mol. The van der Waals surface area contributed by atoms with E-state index < -0.39 is 11.7 Å². The first-order chi connectivity index (χ1) is 13.6. The third-order valence-electron chi connectivity index (χ3n) is 4.70. The number of aromatic nitrogens is 1. The summed E-state index contributed by atoms with van der Waals surface area (Å²) in [4.78, 5) is 16.7. The minimum atomic E-state index is -0.399. The maximum Gasteiger partial charge on any atom is 0.257 e. The molecule has 7 heteroatoms. The number of nitrogens with one attached hydrogen (secondary N) is 2. The predicted molar refractivity (Wildman–Crippen MR) is 114 cm³/mol. The second-order valence-corrected chi connectivity index (χ2v) is 7.91. The Morgan fingerprint density at radius 3 is 2.61 bits per heavy atom. The number of halogens is 1. The first-order valence-corrected chi connectivity index (χ1v) is 10.3. The molecule has 1 heterocycles. The van der Waals surface area contributed by atoms with Gasteiger partial charge in [-0.1, -0.05) is 12.1 Å². The molecule has 142 valence electrons. The van der Waals surface area contributed by atoms with Crippen molar-refractivity contribution in [3.63, 3.8) is 0 Å². The maximum absolute atomic E-state index is 13.0. The highest BCUT2D eigenvalue weighted by Gasteiger charge is 2.13. The first kappa shape index (κ1) is 18.7. The summed E-state index contributed by atoms with van der Waals surface area (Å²) in [6.07, 6.45) is 4.78. The highest BCUT2D eigenvalue weighted by atomic mass is 32.1. The number of thiocarbonyl (C=S) groups is 1. The van der Waals surface area contributed by atoms with E-state index in [0.29, 0.717) is 10.7 Å². The molecule has 1 aliphatic carbocycles. The molecule has 0 atom stereocenters. The van der Waals surface area contributed by atoms with E-state index in [2.05, 4.69) is 33.8 Å². The Hall–Kier alpha value is -2.64. The number of thiazole rings is 1. The molecule has 1 aliphatic rings. The van der Waals surface area contributed by atoms with Crippen molar-refractivity contribution in [2.75, 3.05) is 5.32 Å². The summed E-state index contributed by atoms with van der Waals surface area (Å²) in [5, 5.41) is 8.25. The number of hydrogen-bond donors (Lipinski definition) is 2. The van der Waals surface area contributed by atoms with Crippen LogP contribution in [0, 0.1) is 5.82 Å². The number of carbonyl (C=O) groups is 1. The molecule has 2 N–H and O–H groups in total. The average molecular weight is 412 g/mol. The van der Waals surface area contributed by atoms with Gasteiger partial charge in [0.2, 0.25) is 0 Å². The van der Waals surface area contributed by atoms with Gasteiger partial charge in [0.05, 0.1) is 5.69 Å². The van der Waals surface area contributed by atoms with Gasteiger partial charge in [0.25, 0.3) is 5.91 Å². The van der Waals surface area contributed by atoms with Crippen molar-refractivity contribution in [2.45, 2.75) is 25.7 Å². The number of fused-ring (bicyclic) bond motifs is 1. The zero-order valence-electron chi connectivity index (χ0n) is 15.0. The van der Waals surface area contributed by atoms with E-state index in [-0.39, 0.29) is 5.11 Å². The number of anilines is 1. The van der Waals surface area contributed by atoms with Crippen molar-refractivity contribution in [3.8, 4) is 11.3 Å². The van der Waals surface area contributed by atoms with E-state index in [1.807, 2.05) is 5.38 Å². The van der Waals surface area contributed by atoms with Gasteiger partial charge in [-0.25, -0.2) is 9.37 Å². The molecule has 0 spiro atoms. The minimum Gasteiger partial charge on any atom is -0.308 e. The lowest BCUT2D eigenvalue weighted by Gasteiger charge is -2.16. The number of amides is 1. The topological polar surface area (TPSA) is 54.0 Å². The van der Waals surface area contributed by atoms with Gasteiger partial charge in [0, 0.05) is 16.5 Å². The van der Waals surface area contributed by atoms with Gasteiger partial charge in [-0.3, -0.25) is 10.1 Å². The van der Waals surface area contributed by atoms with Crippen molar-refractivity contribution < 1.29 is 9.18 Å². The quantitative estimate of drug-likeness (QED) is 0.599. The van der Waals surface area contributed by atoms with Crippen molar-refractivity contribution in [3.05, 3.63) is 70.4 Å². The van der Waals surface area contributed by atoms with Crippen LogP contribution in [0.2, 0.25) is 0 Å². The lowest BCUT2D eigenvalue weighted by atomic mass is 9.90. The third kappa shape index (κ3) is 4.26. The summed E-state index contributed by atoms with van der Waals surface area (Å²) in [5.41, 5.74) is 5.15. The van der Waals surface area contributed by atoms with Gasteiger partial charge in [-0.15, -0.1) is 11.3 Å². The van der Waals surface area contributed by atoms with E-state index in [9.17, 15) is 9.18 Å². The summed E-state index contributed by atoms with van der Waals surface area (Å²) >= 11 is 6.62. The van der Waals surface area contributed by atoms with Crippen LogP contribution in [-0.4, -0.2) is 16.0 Å². The lowest BCUT2D eigenvalue weighted by molar-refractivity contribution is 0.0977. The normalized spacial score (nSPS) is 12.9. The molecule has 0 aliphatic heterocycles. The van der Waals surface area contributed by atoms with Crippen LogP contribution in [0.25, 0.3) is 11.3 Å². The van der Waals surface area contributed by atoms with Crippen LogP contribution >= 0.6 is 23.6 Å². The smallest absolute Gasteiger partial charge is 0.257 e. The van der Waals surface area contributed by atoms with Crippen molar-refractivity contribution in [2.24, 2.45) is 0 Å². The highest BCUT2D eigenvalue weighted by molar-refractivity contribution is 7.80. The molecule has 3 aromatic rings. The molecular formula is C21H18FN3OS2. The zero-order chi connectivity index (χ0) is 19.5. The molecule has 4 rings (SSSR count). The van der Waals surface area contributed by atoms with Crippen LogP contribution in [-0.2, 0) is 12.8 Å².